The average molecular weight is 253 g/mol. The van der Waals surface area contributed by atoms with E-state index in [4.69, 9.17) is 0 Å². The normalized spacial score (nSPS) is 25.0. The van der Waals surface area contributed by atoms with E-state index < -0.39 is 0 Å². The summed E-state index contributed by atoms with van der Waals surface area (Å²) < 4.78 is 0. The maximum Gasteiger partial charge on any atom is 0.0109 e. The van der Waals surface area contributed by atoms with Crippen molar-refractivity contribution in [3.63, 3.8) is 0 Å². The molecule has 1 heterocycles. The van der Waals surface area contributed by atoms with Gasteiger partial charge in [-0.15, -0.1) is 0 Å². The summed E-state index contributed by atoms with van der Waals surface area (Å²) in [5, 5.41) is 3.68. The number of hydrogen-bond acceptors (Lipinski definition) is 3. The van der Waals surface area contributed by atoms with Crippen LogP contribution in [0.3, 0.4) is 0 Å². The number of rotatable bonds is 7. The zero-order valence-corrected chi connectivity index (χ0v) is 12.3. The second kappa shape index (κ2) is 7.46. The Labute approximate surface area is 113 Å². The summed E-state index contributed by atoms with van der Waals surface area (Å²) in [6.07, 6.45) is 7.00. The lowest BCUT2D eigenvalue weighted by Gasteiger charge is -2.20. The highest BCUT2D eigenvalue weighted by molar-refractivity contribution is 4.78. The Balaban J connectivity index is 1.48. The standard InChI is InChI=1S/C15H31N3/c1-14(13-15-5-6-15)16-7-3-9-18-10-4-8-17(2)11-12-18/h14-16H,3-13H2,1-2H3/t14-/m1/s1. The van der Waals surface area contributed by atoms with Crippen LogP contribution in [0.4, 0.5) is 0 Å². The fourth-order valence-corrected chi connectivity index (χ4v) is 2.91. The molecule has 3 nitrogen and oxygen atoms in total. The van der Waals surface area contributed by atoms with Gasteiger partial charge in [0.15, 0.2) is 0 Å². The molecular formula is C15H31N3. The second-order valence-corrected chi connectivity index (χ2v) is 6.39. The van der Waals surface area contributed by atoms with Crippen molar-refractivity contribution in [3.8, 4) is 0 Å². The molecule has 1 N–H and O–H groups in total. The largest absolute Gasteiger partial charge is 0.314 e. The summed E-state index contributed by atoms with van der Waals surface area (Å²) in [4.78, 5) is 5.09. The minimum atomic E-state index is 0.729. The molecule has 2 rings (SSSR count). The van der Waals surface area contributed by atoms with Crippen LogP contribution >= 0.6 is 0 Å². The Morgan fingerprint density at radius 1 is 1.17 bits per heavy atom. The van der Waals surface area contributed by atoms with E-state index in [0.29, 0.717) is 0 Å². The van der Waals surface area contributed by atoms with E-state index in [2.05, 4.69) is 29.1 Å². The molecule has 1 saturated heterocycles. The minimum Gasteiger partial charge on any atom is -0.314 e. The van der Waals surface area contributed by atoms with Gasteiger partial charge in [-0.25, -0.2) is 0 Å². The predicted octanol–water partition coefficient (Wildman–Crippen LogP) is 1.79. The highest BCUT2D eigenvalue weighted by Crippen LogP contribution is 2.33. The molecule has 1 aliphatic carbocycles. The average Bonchev–Trinajstić information content (AvgIpc) is 3.14. The van der Waals surface area contributed by atoms with Gasteiger partial charge >= 0.3 is 0 Å². The van der Waals surface area contributed by atoms with E-state index in [1.54, 1.807) is 0 Å². The van der Waals surface area contributed by atoms with Gasteiger partial charge < -0.3 is 15.1 Å². The van der Waals surface area contributed by atoms with Crippen LogP contribution in [0.25, 0.3) is 0 Å². The molecule has 0 aromatic carbocycles. The smallest absolute Gasteiger partial charge is 0.0109 e. The van der Waals surface area contributed by atoms with Gasteiger partial charge in [0, 0.05) is 19.1 Å². The first-order valence-corrected chi connectivity index (χ1v) is 7.88. The molecule has 1 atom stereocenters. The summed E-state index contributed by atoms with van der Waals surface area (Å²) in [5.74, 6) is 1.05. The first-order valence-electron chi connectivity index (χ1n) is 7.88. The Morgan fingerprint density at radius 3 is 2.78 bits per heavy atom. The third kappa shape index (κ3) is 5.68. The van der Waals surface area contributed by atoms with Crippen LogP contribution in [0.15, 0.2) is 0 Å². The van der Waals surface area contributed by atoms with Gasteiger partial charge in [-0.2, -0.15) is 0 Å². The zero-order chi connectivity index (χ0) is 12.8. The molecule has 0 radical (unpaired) electrons. The molecule has 1 saturated carbocycles. The van der Waals surface area contributed by atoms with E-state index in [9.17, 15) is 0 Å². The number of nitrogens with one attached hydrogen (secondary N) is 1. The van der Waals surface area contributed by atoms with Crippen LogP contribution in [-0.2, 0) is 0 Å². The Kier molecular flexibility index (Phi) is 5.93. The minimum absolute atomic E-state index is 0.729. The van der Waals surface area contributed by atoms with Crippen molar-refractivity contribution < 1.29 is 0 Å². The lowest BCUT2D eigenvalue weighted by molar-refractivity contribution is 0.270. The van der Waals surface area contributed by atoms with E-state index in [1.807, 2.05) is 0 Å². The van der Waals surface area contributed by atoms with Crippen LogP contribution in [0.5, 0.6) is 0 Å². The van der Waals surface area contributed by atoms with Crippen molar-refractivity contribution >= 4 is 0 Å². The summed E-state index contributed by atoms with van der Waals surface area (Å²) in [7, 11) is 2.24. The molecule has 106 valence electrons. The van der Waals surface area contributed by atoms with Crippen LogP contribution < -0.4 is 5.32 Å². The van der Waals surface area contributed by atoms with Gasteiger partial charge in [0.1, 0.15) is 0 Å². The zero-order valence-electron chi connectivity index (χ0n) is 12.3. The molecule has 0 aromatic heterocycles. The van der Waals surface area contributed by atoms with Crippen LogP contribution in [0.2, 0.25) is 0 Å². The highest BCUT2D eigenvalue weighted by atomic mass is 15.2. The van der Waals surface area contributed by atoms with Gasteiger partial charge in [-0.05, 0) is 65.3 Å². The molecule has 2 fully saturated rings. The van der Waals surface area contributed by atoms with Gasteiger partial charge in [-0.1, -0.05) is 12.8 Å². The molecule has 3 heteroatoms. The lowest BCUT2D eigenvalue weighted by Crippen LogP contribution is -2.33. The van der Waals surface area contributed by atoms with Crippen LogP contribution in [0, 0.1) is 5.92 Å². The summed E-state index contributed by atoms with van der Waals surface area (Å²) >= 11 is 0. The molecule has 18 heavy (non-hydrogen) atoms. The van der Waals surface area contributed by atoms with E-state index in [0.717, 1.165) is 12.0 Å². The van der Waals surface area contributed by atoms with Crippen molar-refractivity contribution in [2.24, 2.45) is 5.92 Å². The van der Waals surface area contributed by atoms with Crippen molar-refractivity contribution in [2.75, 3.05) is 46.3 Å². The molecule has 0 unspecified atom stereocenters. The predicted molar refractivity (Wildman–Crippen MR) is 78.0 cm³/mol. The lowest BCUT2D eigenvalue weighted by atomic mass is 10.1. The summed E-state index contributed by atoms with van der Waals surface area (Å²) in [6.45, 7) is 9.88. The first-order chi connectivity index (χ1) is 8.74. The van der Waals surface area contributed by atoms with Gasteiger partial charge in [0.05, 0.1) is 0 Å². The van der Waals surface area contributed by atoms with Crippen LogP contribution in [-0.4, -0.2) is 62.2 Å². The highest BCUT2D eigenvalue weighted by Gasteiger charge is 2.23. The van der Waals surface area contributed by atoms with E-state index in [-0.39, 0.29) is 0 Å². The van der Waals surface area contributed by atoms with E-state index >= 15 is 0 Å². The third-order valence-corrected chi connectivity index (χ3v) is 4.34. The fourth-order valence-electron chi connectivity index (χ4n) is 2.91. The molecule has 0 spiro atoms. The molecule has 1 aliphatic heterocycles. The maximum atomic E-state index is 3.68. The maximum absolute atomic E-state index is 3.68. The Morgan fingerprint density at radius 2 is 2.00 bits per heavy atom. The number of likely N-dealkylation sites (N-methyl/N-ethyl adjacent to an activating group) is 1. The van der Waals surface area contributed by atoms with Crippen molar-refractivity contribution in [2.45, 2.75) is 45.1 Å². The topological polar surface area (TPSA) is 18.5 Å². The van der Waals surface area contributed by atoms with Crippen molar-refractivity contribution in [3.05, 3.63) is 0 Å². The monoisotopic (exact) mass is 253 g/mol. The quantitative estimate of drug-likeness (QED) is 0.698. The number of hydrogen-bond donors (Lipinski definition) is 1. The molecule has 2 aliphatic rings. The summed E-state index contributed by atoms with van der Waals surface area (Å²) in [6, 6.07) is 0.729. The van der Waals surface area contributed by atoms with Crippen molar-refractivity contribution in [1.29, 1.82) is 0 Å². The summed E-state index contributed by atoms with van der Waals surface area (Å²) in [5.41, 5.74) is 0. The molecule has 0 aromatic rings. The number of nitrogens with zero attached hydrogens (tertiary/aromatic N) is 2. The Hall–Kier alpha value is -0.120. The molecule has 0 amide bonds. The molecular weight excluding hydrogens is 222 g/mol. The van der Waals surface area contributed by atoms with Gasteiger partial charge in [0.2, 0.25) is 0 Å². The van der Waals surface area contributed by atoms with Crippen LogP contribution in [0.1, 0.15) is 39.0 Å². The van der Waals surface area contributed by atoms with E-state index in [1.165, 1.54) is 71.4 Å². The SMILES string of the molecule is C[C@H](CC1CC1)NCCCN1CCCN(C)CC1. The van der Waals surface area contributed by atoms with Gasteiger partial charge in [-0.3, -0.25) is 0 Å². The first kappa shape index (κ1) is 14.3. The van der Waals surface area contributed by atoms with Gasteiger partial charge in [0.25, 0.3) is 0 Å². The fraction of sp³-hybridized carbons (Fsp3) is 1.00. The Bertz CT molecular complexity index is 228. The third-order valence-electron chi connectivity index (χ3n) is 4.34. The molecule has 0 bridgehead atoms. The second-order valence-electron chi connectivity index (χ2n) is 6.39. The van der Waals surface area contributed by atoms with Crippen molar-refractivity contribution in [1.82, 2.24) is 15.1 Å².